The molecule has 3 heterocycles. The van der Waals surface area contributed by atoms with Gasteiger partial charge in [0.15, 0.2) is 0 Å². The third-order valence-electron chi connectivity index (χ3n) is 3.54. The van der Waals surface area contributed by atoms with E-state index >= 15 is 0 Å². The molecule has 1 aliphatic heterocycles. The number of nitrogens with one attached hydrogen (secondary N) is 1. The highest BCUT2D eigenvalue weighted by molar-refractivity contribution is 5.92. The fourth-order valence-electron chi connectivity index (χ4n) is 2.67. The Bertz CT molecular complexity index is 543. The van der Waals surface area contributed by atoms with Crippen LogP contribution < -0.4 is 0 Å². The maximum absolute atomic E-state index is 12.4. The number of H-pyrrole nitrogens is 1. The minimum absolute atomic E-state index is 0.0341. The van der Waals surface area contributed by atoms with Gasteiger partial charge >= 0.3 is 0 Å². The van der Waals surface area contributed by atoms with Gasteiger partial charge in [-0.05, 0) is 24.6 Å². The molecule has 94 valence electrons. The molecule has 1 aliphatic rings. The van der Waals surface area contributed by atoms with Crippen molar-refractivity contribution in [1.82, 2.24) is 19.7 Å². The first kappa shape index (κ1) is 11.1. The van der Waals surface area contributed by atoms with E-state index in [-0.39, 0.29) is 11.9 Å². The van der Waals surface area contributed by atoms with Crippen molar-refractivity contribution >= 4 is 5.91 Å². The Morgan fingerprint density at radius 1 is 1.50 bits per heavy atom. The Kier molecular flexibility index (Phi) is 2.66. The first-order chi connectivity index (χ1) is 8.81. The van der Waals surface area contributed by atoms with Gasteiger partial charge in [-0.2, -0.15) is 5.10 Å². The zero-order chi connectivity index (χ0) is 12.5. The number of hydrogen-bond acceptors (Lipinski definition) is 2. The predicted molar refractivity (Wildman–Crippen MR) is 67.1 cm³/mol. The summed E-state index contributed by atoms with van der Waals surface area (Å²) in [5.41, 5.74) is 1.78. The van der Waals surface area contributed by atoms with Crippen molar-refractivity contribution in [2.45, 2.75) is 25.9 Å². The molecule has 5 heteroatoms. The lowest BCUT2D eigenvalue weighted by Crippen LogP contribution is -2.41. The van der Waals surface area contributed by atoms with Crippen molar-refractivity contribution in [3.8, 4) is 0 Å². The first-order valence-corrected chi connectivity index (χ1v) is 6.26. The van der Waals surface area contributed by atoms with Crippen molar-refractivity contribution < 1.29 is 4.79 Å². The Hall–Kier alpha value is -2.04. The third kappa shape index (κ3) is 1.63. The second-order valence-corrected chi connectivity index (χ2v) is 4.52. The average Bonchev–Trinajstić information content (AvgIpc) is 3.06. The number of fused-ring (bicyclic) bond motifs is 1. The van der Waals surface area contributed by atoms with E-state index in [4.69, 9.17) is 0 Å². The van der Waals surface area contributed by atoms with Gasteiger partial charge in [-0.25, -0.2) is 0 Å². The van der Waals surface area contributed by atoms with Crippen LogP contribution in [0, 0.1) is 0 Å². The number of carbonyl (C=O) groups is 1. The molecule has 0 spiro atoms. The molecule has 0 unspecified atom stereocenters. The van der Waals surface area contributed by atoms with Gasteiger partial charge < -0.3 is 9.47 Å². The van der Waals surface area contributed by atoms with E-state index in [1.807, 2.05) is 11.0 Å². The summed E-state index contributed by atoms with van der Waals surface area (Å²) in [6.45, 7) is 3.72. The molecule has 0 radical (unpaired) electrons. The fourth-order valence-corrected chi connectivity index (χ4v) is 2.67. The van der Waals surface area contributed by atoms with Gasteiger partial charge in [0.2, 0.25) is 0 Å². The number of nitrogens with zero attached hydrogens (tertiary/aromatic N) is 3. The van der Waals surface area contributed by atoms with Crippen LogP contribution in [-0.4, -0.2) is 32.1 Å². The van der Waals surface area contributed by atoms with Gasteiger partial charge in [-0.1, -0.05) is 6.92 Å². The molecule has 2 aromatic rings. The van der Waals surface area contributed by atoms with Gasteiger partial charge in [0, 0.05) is 31.2 Å². The molecule has 0 bridgehead atoms. The number of aromatic nitrogens is 3. The van der Waals surface area contributed by atoms with Crippen molar-refractivity contribution in [1.29, 1.82) is 0 Å². The molecule has 1 N–H and O–H groups in total. The summed E-state index contributed by atoms with van der Waals surface area (Å²) >= 11 is 0. The minimum Gasteiger partial charge on any atom is -0.348 e. The summed E-state index contributed by atoms with van der Waals surface area (Å²) in [4.78, 5) is 14.3. The monoisotopic (exact) mass is 244 g/mol. The van der Waals surface area contributed by atoms with Gasteiger partial charge in [0.05, 0.1) is 6.04 Å². The topological polar surface area (TPSA) is 53.9 Å². The second-order valence-electron chi connectivity index (χ2n) is 4.52. The number of rotatable bonds is 2. The van der Waals surface area contributed by atoms with Crippen LogP contribution >= 0.6 is 0 Å². The van der Waals surface area contributed by atoms with Crippen molar-refractivity contribution in [3.05, 3.63) is 42.0 Å². The smallest absolute Gasteiger partial charge is 0.272 e. The zero-order valence-corrected chi connectivity index (χ0v) is 10.3. The Balaban J connectivity index is 1.92. The molecule has 0 saturated carbocycles. The lowest BCUT2D eigenvalue weighted by atomic mass is 10.1. The summed E-state index contributed by atoms with van der Waals surface area (Å²) in [5, 5.41) is 6.59. The van der Waals surface area contributed by atoms with Gasteiger partial charge in [-0.3, -0.25) is 9.89 Å². The lowest BCUT2D eigenvalue weighted by Gasteiger charge is -2.36. The van der Waals surface area contributed by atoms with Crippen LogP contribution in [0.1, 0.15) is 35.6 Å². The van der Waals surface area contributed by atoms with Crippen LogP contribution in [0.3, 0.4) is 0 Å². The number of carbonyl (C=O) groups excluding carboxylic acids is 1. The average molecular weight is 244 g/mol. The molecule has 0 saturated heterocycles. The molecule has 3 rings (SSSR count). The predicted octanol–water partition coefficient (Wildman–Crippen LogP) is 1.82. The molecule has 0 aromatic carbocycles. The highest BCUT2D eigenvalue weighted by Crippen LogP contribution is 2.29. The van der Waals surface area contributed by atoms with E-state index in [2.05, 4.69) is 34.0 Å². The first-order valence-electron chi connectivity index (χ1n) is 6.26. The number of amides is 1. The van der Waals surface area contributed by atoms with E-state index in [1.54, 1.807) is 12.3 Å². The lowest BCUT2D eigenvalue weighted by molar-refractivity contribution is 0.0611. The third-order valence-corrected chi connectivity index (χ3v) is 3.54. The highest BCUT2D eigenvalue weighted by atomic mass is 16.2. The van der Waals surface area contributed by atoms with Crippen LogP contribution in [0.5, 0.6) is 0 Å². The molecule has 2 aromatic heterocycles. The largest absolute Gasteiger partial charge is 0.348 e. The SMILES string of the molecule is CC[C@H]1c2cccn2CCN1C(=O)c1ccn[nH]1. The van der Waals surface area contributed by atoms with Crippen molar-refractivity contribution in [2.24, 2.45) is 0 Å². The molecule has 0 fully saturated rings. The van der Waals surface area contributed by atoms with E-state index in [1.165, 1.54) is 5.69 Å². The van der Waals surface area contributed by atoms with E-state index in [0.29, 0.717) is 5.69 Å². The molecule has 18 heavy (non-hydrogen) atoms. The maximum atomic E-state index is 12.4. The Labute approximate surface area is 105 Å². The van der Waals surface area contributed by atoms with Crippen LogP contribution in [0.2, 0.25) is 0 Å². The standard InChI is InChI=1S/C13H16N4O/c1-2-11-12-4-3-7-16(12)8-9-17(11)13(18)10-5-6-14-15-10/h3-7,11H,2,8-9H2,1H3,(H,14,15)/t11-/m0/s1. The van der Waals surface area contributed by atoms with E-state index < -0.39 is 0 Å². The van der Waals surface area contributed by atoms with Gasteiger partial charge in [0.25, 0.3) is 5.91 Å². The second kappa shape index (κ2) is 4.33. The highest BCUT2D eigenvalue weighted by Gasteiger charge is 2.30. The Morgan fingerprint density at radius 3 is 3.11 bits per heavy atom. The van der Waals surface area contributed by atoms with Gasteiger partial charge in [0.1, 0.15) is 5.69 Å². The normalized spacial score (nSPS) is 18.7. The summed E-state index contributed by atoms with van der Waals surface area (Å²) in [5.74, 6) is 0.0341. The minimum atomic E-state index is 0.0341. The molecular formula is C13H16N4O. The van der Waals surface area contributed by atoms with Crippen molar-refractivity contribution in [3.63, 3.8) is 0 Å². The molecule has 1 atom stereocenters. The molecular weight excluding hydrogens is 228 g/mol. The van der Waals surface area contributed by atoms with Gasteiger partial charge in [-0.15, -0.1) is 0 Å². The summed E-state index contributed by atoms with van der Waals surface area (Å²) in [6.07, 6.45) is 4.61. The number of aromatic amines is 1. The number of hydrogen-bond donors (Lipinski definition) is 1. The van der Waals surface area contributed by atoms with Crippen LogP contribution in [0.15, 0.2) is 30.6 Å². The zero-order valence-electron chi connectivity index (χ0n) is 10.3. The fraction of sp³-hybridized carbons (Fsp3) is 0.385. The quantitative estimate of drug-likeness (QED) is 0.876. The summed E-state index contributed by atoms with van der Waals surface area (Å²) in [6, 6.07) is 6.02. The summed E-state index contributed by atoms with van der Waals surface area (Å²) < 4.78 is 2.23. The Morgan fingerprint density at radius 2 is 2.39 bits per heavy atom. The molecule has 5 nitrogen and oxygen atoms in total. The molecule has 0 aliphatic carbocycles. The van der Waals surface area contributed by atoms with Crippen LogP contribution in [-0.2, 0) is 6.54 Å². The van der Waals surface area contributed by atoms with Crippen LogP contribution in [0.4, 0.5) is 0 Å². The summed E-state index contributed by atoms with van der Waals surface area (Å²) in [7, 11) is 0. The van der Waals surface area contributed by atoms with E-state index in [0.717, 1.165) is 19.5 Å². The maximum Gasteiger partial charge on any atom is 0.272 e. The van der Waals surface area contributed by atoms with Crippen LogP contribution in [0.25, 0.3) is 0 Å². The van der Waals surface area contributed by atoms with Crippen molar-refractivity contribution in [2.75, 3.05) is 6.54 Å². The molecule has 1 amide bonds. The van der Waals surface area contributed by atoms with E-state index in [9.17, 15) is 4.79 Å².